The van der Waals surface area contributed by atoms with E-state index in [1.807, 2.05) is 33.8 Å². The third-order valence-electron chi connectivity index (χ3n) is 3.37. The smallest absolute Gasteiger partial charge is 0.257 e. The zero-order chi connectivity index (χ0) is 16.3. The molecule has 22 heavy (non-hydrogen) atoms. The van der Waals surface area contributed by atoms with E-state index in [0.717, 1.165) is 11.3 Å². The first-order valence-corrected chi connectivity index (χ1v) is 7.25. The Hall–Kier alpha value is -2.56. The summed E-state index contributed by atoms with van der Waals surface area (Å²) in [5, 5.41) is 5.70. The number of hydrogen-bond acceptors (Lipinski definition) is 2. The van der Waals surface area contributed by atoms with Gasteiger partial charge in [0.15, 0.2) is 0 Å². The van der Waals surface area contributed by atoms with Crippen LogP contribution in [0, 0.1) is 13.8 Å². The predicted molar refractivity (Wildman–Crippen MR) is 87.3 cm³/mol. The number of carbonyl (C=O) groups is 2. The summed E-state index contributed by atoms with van der Waals surface area (Å²) in [6.07, 6.45) is 1.73. The van der Waals surface area contributed by atoms with Gasteiger partial charge in [0.1, 0.15) is 0 Å². The zero-order valence-corrected chi connectivity index (χ0v) is 13.3. The van der Waals surface area contributed by atoms with Crippen molar-refractivity contribution < 1.29 is 9.59 Å². The number of hydrogen-bond donors (Lipinski definition) is 3. The molecular weight excluding hydrogens is 278 g/mol. The van der Waals surface area contributed by atoms with E-state index in [9.17, 15) is 9.59 Å². The van der Waals surface area contributed by atoms with E-state index < -0.39 is 0 Å². The molecule has 2 amide bonds. The molecule has 2 aromatic rings. The highest BCUT2D eigenvalue weighted by molar-refractivity contribution is 6.06. The van der Waals surface area contributed by atoms with Gasteiger partial charge in [-0.1, -0.05) is 6.07 Å². The molecule has 0 saturated heterocycles. The molecule has 0 aliphatic rings. The maximum absolute atomic E-state index is 12.3. The lowest BCUT2D eigenvalue weighted by molar-refractivity contribution is 0.0941. The van der Waals surface area contributed by atoms with Gasteiger partial charge < -0.3 is 15.6 Å². The van der Waals surface area contributed by atoms with Crippen LogP contribution in [-0.4, -0.2) is 22.8 Å². The number of aromatic nitrogens is 1. The lowest BCUT2D eigenvalue weighted by Gasteiger charge is -2.12. The minimum Gasteiger partial charge on any atom is -0.365 e. The van der Waals surface area contributed by atoms with Crippen LogP contribution in [0.2, 0.25) is 0 Å². The second-order valence-corrected chi connectivity index (χ2v) is 5.63. The second kappa shape index (κ2) is 6.47. The third kappa shape index (κ3) is 3.55. The van der Waals surface area contributed by atoms with Crippen LogP contribution in [0.4, 0.5) is 5.69 Å². The minimum absolute atomic E-state index is 0.0642. The van der Waals surface area contributed by atoms with Crippen LogP contribution < -0.4 is 10.6 Å². The molecule has 0 aliphatic heterocycles. The summed E-state index contributed by atoms with van der Waals surface area (Å²) in [6.45, 7) is 7.55. The number of anilines is 1. The van der Waals surface area contributed by atoms with Crippen LogP contribution in [0.5, 0.6) is 0 Å². The van der Waals surface area contributed by atoms with Gasteiger partial charge in [0.2, 0.25) is 0 Å². The quantitative estimate of drug-likeness (QED) is 0.812. The van der Waals surface area contributed by atoms with Gasteiger partial charge in [0.25, 0.3) is 11.8 Å². The monoisotopic (exact) mass is 299 g/mol. The Balaban J connectivity index is 2.22. The Bertz CT molecular complexity index is 702. The molecule has 1 aromatic carbocycles. The highest BCUT2D eigenvalue weighted by atomic mass is 16.2. The van der Waals surface area contributed by atoms with Gasteiger partial charge >= 0.3 is 0 Å². The van der Waals surface area contributed by atoms with E-state index in [4.69, 9.17) is 0 Å². The number of benzene rings is 1. The van der Waals surface area contributed by atoms with Crippen LogP contribution in [0.25, 0.3) is 0 Å². The zero-order valence-electron chi connectivity index (χ0n) is 13.3. The summed E-state index contributed by atoms with van der Waals surface area (Å²) in [5.41, 5.74) is 3.48. The summed E-state index contributed by atoms with van der Waals surface area (Å²) < 4.78 is 0. The first kappa shape index (κ1) is 15.8. The summed E-state index contributed by atoms with van der Waals surface area (Å²) >= 11 is 0. The number of aryl methyl sites for hydroxylation is 2. The molecule has 0 spiro atoms. The van der Waals surface area contributed by atoms with Gasteiger partial charge in [-0.25, -0.2) is 0 Å². The molecule has 0 radical (unpaired) electrons. The van der Waals surface area contributed by atoms with Gasteiger partial charge in [0.05, 0.1) is 5.56 Å². The minimum atomic E-state index is -0.191. The number of rotatable bonds is 4. The van der Waals surface area contributed by atoms with E-state index in [1.54, 1.807) is 24.4 Å². The molecule has 0 saturated carbocycles. The first-order chi connectivity index (χ1) is 10.4. The molecule has 2 rings (SSSR count). The molecule has 1 aromatic heterocycles. The fourth-order valence-corrected chi connectivity index (χ4v) is 2.13. The van der Waals surface area contributed by atoms with Crippen LogP contribution in [0.15, 0.2) is 30.5 Å². The Morgan fingerprint density at radius 1 is 1.09 bits per heavy atom. The van der Waals surface area contributed by atoms with Crippen molar-refractivity contribution in [2.75, 3.05) is 5.32 Å². The number of H-pyrrole nitrogens is 1. The van der Waals surface area contributed by atoms with Crippen molar-refractivity contribution in [3.63, 3.8) is 0 Å². The van der Waals surface area contributed by atoms with Crippen molar-refractivity contribution >= 4 is 17.5 Å². The largest absolute Gasteiger partial charge is 0.365 e. The second-order valence-electron chi connectivity index (χ2n) is 5.63. The first-order valence-electron chi connectivity index (χ1n) is 7.25. The standard InChI is InChI=1S/C17H21N3O2/c1-10(2)19-16(21)13-6-5-11(3)15(9-13)20-17(22)14-7-8-18-12(14)4/h5-10,18H,1-4H3,(H,19,21)(H,20,22). The summed E-state index contributed by atoms with van der Waals surface area (Å²) in [7, 11) is 0. The van der Waals surface area contributed by atoms with Gasteiger partial charge in [-0.2, -0.15) is 0 Å². The predicted octanol–water partition coefficient (Wildman–Crippen LogP) is 3.02. The summed E-state index contributed by atoms with van der Waals surface area (Å²) in [5.74, 6) is -0.341. The molecule has 0 aliphatic carbocycles. The maximum Gasteiger partial charge on any atom is 0.257 e. The van der Waals surface area contributed by atoms with Crippen LogP contribution in [-0.2, 0) is 0 Å². The van der Waals surface area contributed by atoms with E-state index in [2.05, 4.69) is 15.6 Å². The molecule has 5 heteroatoms. The Morgan fingerprint density at radius 3 is 2.41 bits per heavy atom. The molecule has 0 atom stereocenters. The molecular formula is C17H21N3O2. The van der Waals surface area contributed by atoms with Gasteiger partial charge in [0, 0.05) is 29.2 Å². The van der Waals surface area contributed by atoms with Crippen LogP contribution in [0.3, 0.4) is 0 Å². The number of carbonyl (C=O) groups excluding carboxylic acids is 2. The molecule has 0 unspecified atom stereocenters. The molecule has 1 heterocycles. The van der Waals surface area contributed by atoms with E-state index in [1.165, 1.54) is 0 Å². The Morgan fingerprint density at radius 2 is 1.82 bits per heavy atom. The van der Waals surface area contributed by atoms with Crippen molar-refractivity contribution in [1.82, 2.24) is 10.3 Å². The Kier molecular flexibility index (Phi) is 4.65. The molecule has 116 valence electrons. The lowest BCUT2D eigenvalue weighted by Crippen LogP contribution is -2.30. The lowest BCUT2D eigenvalue weighted by atomic mass is 10.1. The number of nitrogens with one attached hydrogen (secondary N) is 3. The normalized spacial score (nSPS) is 10.6. The van der Waals surface area contributed by atoms with Crippen molar-refractivity contribution in [2.24, 2.45) is 0 Å². The maximum atomic E-state index is 12.3. The molecule has 0 bridgehead atoms. The van der Waals surface area contributed by atoms with Crippen LogP contribution in [0.1, 0.15) is 45.8 Å². The average Bonchev–Trinajstić information content (AvgIpc) is 2.86. The molecule has 3 N–H and O–H groups in total. The van der Waals surface area contributed by atoms with Gasteiger partial charge in [-0.15, -0.1) is 0 Å². The van der Waals surface area contributed by atoms with Gasteiger partial charge in [-0.05, 0) is 51.5 Å². The Labute approximate surface area is 130 Å². The molecule has 5 nitrogen and oxygen atoms in total. The van der Waals surface area contributed by atoms with Crippen molar-refractivity contribution in [1.29, 1.82) is 0 Å². The fourth-order valence-electron chi connectivity index (χ4n) is 2.13. The number of amides is 2. The van der Waals surface area contributed by atoms with Crippen molar-refractivity contribution in [2.45, 2.75) is 33.7 Å². The van der Waals surface area contributed by atoms with E-state index >= 15 is 0 Å². The highest BCUT2D eigenvalue weighted by Gasteiger charge is 2.13. The topological polar surface area (TPSA) is 74.0 Å². The fraction of sp³-hybridized carbons (Fsp3) is 0.294. The van der Waals surface area contributed by atoms with Gasteiger partial charge in [-0.3, -0.25) is 9.59 Å². The number of aromatic amines is 1. The SMILES string of the molecule is Cc1ccc(C(=O)NC(C)C)cc1NC(=O)c1cc[nH]c1C. The summed E-state index contributed by atoms with van der Waals surface area (Å²) in [6, 6.07) is 7.08. The van der Waals surface area contributed by atoms with E-state index in [-0.39, 0.29) is 17.9 Å². The average molecular weight is 299 g/mol. The van der Waals surface area contributed by atoms with Crippen LogP contribution >= 0.6 is 0 Å². The molecule has 0 fully saturated rings. The van der Waals surface area contributed by atoms with E-state index in [0.29, 0.717) is 16.8 Å². The van der Waals surface area contributed by atoms with Crippen molar-refractivity contribution in [3.05, 3.63) is 52.8 Å². The van der Waals surface area contributed by atoms with Crippen molar-refractivity contribution in [3.8, 4) is 0 Å². The third-order valence-corrected chi connectivity index (χ3v) is 3.37. The summed E-state index contributed by atoms with van der Waals surface area (Å²) in [4.78, 5) is 27.3. The highest BCUT2D eigenvalue weighted by Crippen LogP contribution is 2.19.